The van der Waals surface area contributed by atoms with Crippen LogP contribution in [0.1, 0.15) is 12.5 Å². The van der Waals surface area contributed by atoms with Gasteiger partial charge in [-0.05, 0) is 24.6 Å². The molecule has 0 bridgehead atoms. The first kappa shape index (κ1) is 12.0. The van der Waals surface area contributed by atoms with Crippen LogP contribution in [0.4, 0.5) is 5.69 Å². The van der Waals surface area contributed by atoms with Gasteiger partial charge >= 0.3 is 0 Å². The zero-order valence-corrected chi connectivity index (χ0v) is 9.33. The molecule has 0 amide bonds. The highest BCUT2D eigenvalue weighted by Gasteiger charge is 2.21. The summed E-state index contributed by atoms with van der Waals surface area (Å²) in [5, 5.41) is 21.4. The molecule has 0 fully saturated rings. The summed E-state index contributed by atoms with van der Waals surface area (Å²) in [5.41, 5.74) is 1.74. The Morgan fingerprint density at radius 2 is 1.93 bits per heavy atom. The van der Waals surface area contributed by atoms with Gasteiger partial charge in [-0.25, -0.2) is 0 Å². The van der Waals surface area contributed by atoms with E-state index < -0.39 is 5.41 Å². The summed E-state index contributed by atoms with van der Waals surface area (Å²) in [4.78, 5) is 0. The molecule has 0 spiro atoms. The monoisotopic (exact) mass is 209 g/mol. The van der Waals surface area contributed by atoms with Crippen molar-refractivity contribution in [3.63, 3.8) is 0 Å². The molecule has 0 saturated heterocycles. The second kappa shape index (κ2) is 5.14. The van der Waals surface area contributed by atoms with Gasteiger partial charge in [-0.1, -0.05) is 19.1 Å². The molecule has 15 heavy (non-hydrogen) atoms. The van der Waals surface area contributed by atoms with E-state index in [-0.39, 0.29) is 13.2 Å². The van der Waals surface area contributed by atoms with E-state index in [4.69, 9.17) is 10.2 Å². The molecule has 3 N–H and O–H groups in total. The molecule has 0 heterocycles. The number of benzene rings is 1. The SMILES string of the molecule is Cc1cccc(NCC(C)(CO)CO)c1. The molecule has 0 saturated carbocycles. The van der Waals surface area contributed by atoms with Gasteiger partial charge in [0.15, 0.2) is 0 Å². The van der Waals surface area contributed by atoms with Gasteiger partial charge in [0, 0.05) is 17.6 Å². The van der Waals surface area contributed by atoms with E-state index in [2.05, 4.69) is 5.32 Å². The van der Waals surface area contributed by atoms with E-state index >= 15 is 0 Å². The minimum atomic E-state index is -0.469. The second-order valence-electron chi connectivity index (χ2n) is 4.35. The predicted octanol–water partition coefficient (Wildman–Crippen LogP) is 1.40. The van der Waals surface area contributed by atoms with Gasteiger partial charge in [0.1, 0.15) is 0 Å². The molecule has 84 valence electrons. The van der Waals surface area contributed by atoms with Crippen molar-refractivity contribution in [3.8, 4) is 0 Å². The highest BCUT2D eigenvalue weighted by Crippen LogP contribution is 2.16. The van der Waals surface area contributed by atoms with E-state index in [9.17, 15) is 0 Å². The Kier molecular flexibility index (Phi) is 4.12. The van der Waals surface area contributed by atoms with Crippen molar-refractivity contribution >= 4 is 5.69 Å². The van der Waals surface area contributed by atoms with Crippen LogP contribution in [0.5, 0.6) is 0 Å². The summed E-state index contributed by atoms with van der Waals surface area (Å²) in [6.07, 6.45) is 0. The first-order valence-corrected chi connectivity index (χ1v) is 5.12. The lowest BCUT2D eigenvalue weighted by Gasteiger charge is -2.25. The van der Waals surface area contributed by atoms with Crippen molar-refractivity contribution in [2.45, 2.75) is 13.8 Å². The van der Waals surface area contributed by atoms with Crippen molar-refractivity contribution < 1.29 is 10.2 Å². The number of aliphatic hydroxyl groups is 2. The molecule has 0 radical (unpaired) electrons. The molecule has 0 atom stereocenters. The summed E-state index contributed by atoms with van der Waals surface area (Å²) in [7, 11) is 0. The van der Waals surface area contributed by atoms with Gasteiger partial charge in [-0.3, -0.25) is 0 Å². The Bertz CT molecular complexity index is 308. The third kappa shape index (κ3) is 3.53. The molecule has 3 nitrogen and oxygen atoms in total. The maximum atomic E-state index is 9.12. The molecule has 1 rings (SSSR count). The average molecular weight is 209 g/mol. The van der Waals surface area contributed by atoms with E-state index in [1.807, 2.05) is 38.1 Å². The number of nitrogens with one attached hydrogen (secondary N) is 1. The molecule has 0 aliphatic heterocycles. The third-order valence-corrected chi connectivity index (χ3v) is 2.50. The lowest BCUT2D eigenvalue weighted by Crippen LogP contribution is -2.34. The highest BCUT2D eigenvalue weighted by molar-refractivity contribution is 5.45. The first-order chi connectivity index (χ1) is 7.09. The van der Waals surface area contributed by atoms with Crippen LogP contribution < -0.4 is 5.32 Å². The summed E-state index contributed by atoms with van der Waals surface area (Å²) in [6, 6.07) is 8.02. The maximum Gasteiger partial charge on any atom is 0.0523 e. The van der Waals surface area contributed by atoms with E-state index in [0.29, 0.717) is 6.54 Å². The molecule has 1 aromatic rings. The minimum Gasteiger partial charge on any atom is -0.396 e. The van der Waals surface area contributed by atoms with Crippen molar-refractivity contribution in [3.05, 3.63) is 29.8 Å². The lowest BCUT2D eigenvalue weighted by atomic mass is 9.93. The maximum absolute atomic E-state index is 9.12. The molecule has 0 aromatic heterocycles. The molecule has 1 aromatic carbocycles. The third-order valence-electron chi connectivity index (χ3n) is 2.50. The zero-order chi connectivity index (χ0) is 11.3. The van der Waals surface area contributed by atoms with Crippen LogP contribution in [0.25, 0.3) is 0 Å². The zero-order valence-electron chi connectivity index (χ0n) is 9.33. The number of aliphatic hydroxyl groups excluding tert-OH is 2. The number of hydrogen-bond donors (Lipinski definition) is 3. The van der Waals surface area contributed by atoms with Gasteiger partial charge in [-0.15, -0.1) is 0 Å². The van der Waals surface area contributed by atoms with Gasteiger partial charge in [0.2, 0.25) is 0 Å². The van der Waals surface area contributed by atoms with Crippen LogP contribution in [-0.4, -0.2) is 30.0 Å². The van der Waals surface area contributed by atoms with Gasteiger partial charge < -0.3 is 15.5 Å². The van der Waals surface area contributed by atoms with Crippen LogP contribution in [0.2, 0.25) is 0 Å². The fourth-order valence-electron chi connectivity index (χ4n) is 1.23. The van der Waals surface area contributed by atoms with Crippen LogP contribution >= 0.6 is 0 Å². The smallest absolute Gasteiger partial charge is 0.0523 e. The number of rotatable bonds is 5. The van der Waals surface area contributed by atoms with Crippen LogP contribution in [-0.2, 0) is 0 Å². The Labute approximate surface area is 90.8 Å². The molecule has 0 unspecified atom stereocenters. The normalized spacial score (nSPS) is 11.5. The van der Waals surface area contributed by atoms with Gasteiger partial charge in [-0.2, -0.15) is 0 Å². The summed E-state index contributed by atoms with van der Waals surface area (Å²) in [6.45, 7) is 4.38. The topological polar surface area (TPSA) is 52.5 Å². The van der Waals surface area contributed by atoms with Crippen molar-refractivity contribution in [1.29, 1.82) is 0 Å². The Hall–Kier alpha value is -1.06. The highest BCUT2D eigenvalue weighted by atomic mass is 16.3. The summed E-state index contributed by atoms with van der Waals surface area (Å²) < 4.78 is 0. The average Bonchev–Trinajstić information content (AvgIpc) is 2.26. The summed E-state index contributed by atoms with van der Waals surface area (Å²) in [5.74, 6) is 0. The van der Waals surface area contributed by atoms with Gasteiger partial charge in [0.25, 0.3) is 0 Å². The van der Waals surface area contributed by atoms with Crippen molar-refractivity contribution in [1.82, 2.24) is 0 Å². The van der Waals surface area contributed by atoms with Crippen molar-refractivity contribution in [2.24, 2.45) is 5.41 Å². The molecule has 3 heteroatoms. The molecular weight excluding hydrogens is 190 g/mol. The van der Waals surface area contributed by atoms with Crippen LogP contribution in [0.15, 0.2) is 24.3 Å². The quantitative estimate of drug-likeness (QED) is 0.687. The predicted molar refractivity (Wildman–Crippen MR) is 61.9 cm³/mol. The fraction of sp³-hybridized carbons (Fsp3) is 0.500. The van der Waals surface area contributed by atoms with E-state index in [1.54, 1.807) is 0 Å². The largest absolute Gasteiger partial charge is 0.396 e. The minimum absolute atomic E-state index is 0.0255. The molecule has 0 aliphatic rings. The molecular formula is C12H19NO2. The Morgan fingerprint density at radius 1 is 1.27 bits per heavy atom. The standard InChI is InChI=1S/C12H19NO2/c1-10-4-3-5-11(6-10)13-7-12(2,8-14)9-15/h3-6,13-15H,7-9H2,1-2H3. The fourth-order valence-corrected chi connectivity index (χ4v) is 1.23. The molecule has 0 aliphatic carbocycles. The summed E-state index contributed by atoms with van der Waals surface area (Å²) >= 11 is 0. The lowest BCUT2D eigenvalue weighted by molar-refractivity contribution is 0.0806. The van der Waals surface area contributed by atoms with Crippen LogP contribution in [0.3, 0.4) is 0 Å². The number of hydrogen-bond acceptors (Lipinski definition) is 3. The second-order valence-corrected chi connectivity index (χ2v) is 4.35. The van der Waals surface area contributed by atoms with E-state index in [1.165, 1.54) is 5.56 Å². The Morgan fingerprint density at radius 3 is 2.47 bits per heavy atom. The van der Waals surface area contributed by atoms with E-state index in [0.717, 1.165) is 5.69 Å². The van der Waals surface area contributed by atoms with Gasteiger partial charge in [0.05, 0.1) is 13.2 Å². The Balaban J connectivity index is 2.56. The number of aryl methyl sites for hydroxylation is 1. The van der Waals surface area contributed by atoms with Crippen LogP contribution in [0, 0.1) is 12.3 Å². The van der Waals surface area contributed by atoms with Crippen molar-refractivity contribution in [2.75, 3.05) is 25.1 Å². The first-order valence-electron chi connectivity index (χ1n) is 5.12. The number of anilines is 1.